The molecule has 160 valence electrons. The maximum atomic E-state index is 9.55. The average molecular weight is 432 g/mol. The second kappa shape index (κ2) is 12.1. The molecule has 0 radical (unpaired) electrons. The van der Waals surface area contributed by atoms with Gasteiger partial charge < -0.3 is 19.8 Å². The van der Waals surface area contributed by atoms with Gasteiger partial charge in [0.2, 0.25) is 0 Å². The van der Waals surface area contributed by atoms with Crippen LogP contribution in [0.1, 0.15) is 18.4 Å². The van der Waals surface area contributed by atoms with E-state index in [-0.39, 0.29) is 0 Å². The van der Waals surface area contributed by atoms with Gasteiger partial charge in [0, 0.05) is 35.8 Å². The average Bonchev–Trinajstić information content (AvgIpc) is 2.73. The number of hydrogen-bond acceptors (Lipinski definition) is 4. The lowest BCUT2D eigenvalue weighted by molar-refractivity contribution is -0.134. The Labute approximate surface area is 181 Å². The number of likely N-dealkylation sites (tertiary alicyclic amines) is 1. The third-order valence-corrected chi connectivity index (χ3v) is 5.02. The van der Waals surface area contributed by atoms with E-state index in [0.29, 0.717) is 24.9 Å². The zero-order chi connectivity index (χ0) is 21.9. The van der Waals surface area contributed by atoms with E-state index in [1.54, 1.807) is 0 Å². The summed E-state index contributed by atoms with van der Waals surface area (Å²) in [5.74, 6) is -2.51. The molecule has 2 aromatic carbocycles. The molecule has 3 rings (SSSR count). The van der Waals surface area contributed by atoms with Crippen LogP contribution in [0.2, 0.25) is 5.02 Å². The summed E-state index contributed by atoms with van der Waals surface area (Å²) >= 11 is 6.35. The highest BCUT2D eigenvalue weighted by atomic mass is 35.5. The van der Waals surface area contributed by atoms with Gasteiger partial charge in [-0.05, 0) is 37.1 Å². The summed E-state index contributed by atoms with van der Waals surface area (Å²) in [6.45, 7) is 2.89. The first-order valence-electron chi connectivity index (χ1n) is 9.63. The van der Waals surface area contributed by atoms with Crippen LogP contribution in [0.5, 0.6) is 0 Å². The first-order chi connectivity index (χ1) is 14.4. The van der Waals surface area contributed by atoms with Crippen LogP contribution in [0, 0.1) is 0 Å². The fourth-order valence-electron chi connectivity index (χ4n) is 3.09. The van der Waals surface area contributed by atoms with Gasteiger partial charge >= 0.3 is 11.9 Å². The minimum atomic E-state index is -1.26. The summed E-state index contributed by atoms with van der Waals surface area (Å²) in [7, 11) is 2.17. The van der Waals surface area contributed by atoms with Crippen LogP contribution >= 0.6 is 11.6 Å². The van der Waals surface area contributed by atoms with Crippen LogP contribution in [0.25, 0.3) is 11.1 Å². The largest absolute Gasteiger partial charge is 0.478 e. The fraction of sp³-hybridized carbons (Fsp3) is 0.304. The summed E-state index contributed by atoms with van der Waals surface area (Å²) < 4.78 is 6.15. The maximum Gasteiger partial charge on any atom is 0.328 e. The number of rotatable bonds is 6. The molecule has 0 saturated carbocycles. The van der Waals surface area contributed by atoms with Gasteiger partial charge in [-0.3, -0.25) is 0 Å². The predicted molar refractivity (Wildman–Crippen MR) is 117 cm³/mol. The van der Waals surface area contributed by atoms with E-state index in [1.807, 2.05) is 18.2 Å². The minimum Gasteiger partial charge on any atom is -0.478 e. The second-order valence-corrected chi connectivity index (χ2v) is 7.37. The van der Waals surface area contributed by atoms with Crippen LogP contribution in [-0.4, -0.2) is 53.3 Å². The van der Waals surface area contributed by atoms with Crippen molar-refractivity contribution in [3.05, 3.63) is 71.3 Å². The van der Waals surface area contributed by atoms with Gasteiger partial charge in [-0.25, -0.2) is 9.59 Å². The van der Waals surface area contributed by atoms with Crippen molar-refractivity contribution in [3.63, 3.8) is 0 Å². The van der Waals surface area contributed by atoms with Crippen LogP contribution in [-0.2, 0) is 20.9 Å². The Morgan fingerprint density at radius 2 is 1.53 bits per heavy atom. The zero-order valence-electron chi connectivity index (χ0n) is 16.8. The number of ether oxygens (including phenoxy) is 1. The molecule has 0 atom stereocenters. The SMILES string of the molecule is CN1CCC(OCc2ccccc2-c2ccccc2Cl)CC1.O=C(O)C=CC(=O)O. The second-order valence-electron chi connectivity index (χ2n) is 6.96. The molecule has 7 heteroatoms. The van der Waals surface area contributed by atoms with E-state index in [4.69, 9.17) is 26.6 Å². The van der Waals surface area contributed by atoms with E-state index < -0.39 is 11.9 Å². The smallest absolute Gasteiger partial charge is 0.328 e. The lowest BCUT2D eigenvalue weighted by Gasteiger charge is -2.29. The quantitative estimate of drug-likeness (QED) is 0.662. The van der Waals surface area contributed by atoms with Crippen molar-refractivity contribution in [2.24, 2.45) is 0 Å². The zero-order valence-corrected chi connectivity index (χ0v) is 17.6. The van der Waals surface area contributed by atoms with Gasteiger partial charge in [0.15, 0.2) is 0 Å². The lowest BCUT2D eigenvalue weighted by atomic mass is 10.00. The van der Waals surface area contributed by atoms with E-state index >= 15 is 0 Å². The van der Waals surface area contributed by atoms with Crippen LogP contribution in [0.3, 0.4) is 0 Å². The van der Waals surface area contributed by atoms with Gasteiger partial charge in [-0.1, -0.05) is 54.1 Å². The van der Waals surface area contributed by atoms with Gasteiger partial charge in [0.1, 0.15) is 0 Å². The molecule has 0 bridgehead atoms. The van der Waals surface area contributed by atoms with Crippen molar-refractivity contribution in [3.8, 4) is 11.1 Å². The number of halogens is 1. The lowest BCUT2D eigenvalue weighted by Crippen LogP contribution is -2.34. The van der Waals surface area contributed by atoms with Crippen molar-refractivity contribution in [2.45, 2.75) is 25.6 Å². The van der Waals surface area contributed by atoms with Crippen LogP contribution < -0.4 is 0 Å². The number of carboxylic acid groups (broad SMARTS) is 2. The predicted octanol–water partition coefficient (Wildman–Crippen LogP) is 4.33. The van der Waals surface area contributed by atoms with E-state index in [9.17, 15) is 9.59 Å². The Balaban J connectivity index is 0.000000343. The molecular weight excluding hydrogens is 406 g/mol. The Kier molecular flexibility index (Phi) is 9.54. The van der Waals surface area contributed by atoms with Gasteiger partial charge in [0.25, 0.3) is 0 Å². The number of aliphatic carboxylic acids is 2. The molecule has 1 aliphatic heterocycles. The summed E-state index contributed by atoms with van der Waals surface area (Å²) in [6, 6.07) is 16.4. The molecular formula is C23H26ClNO5. The monoisotopic (exact) mass is 431 g/mol. The van der Waals surface area contributed by atoms with Crippen molar-refractivity contribution < 1.29 is 24.5 Å². The molecule has 1 fully saturated rings. The standard InChI is InChI=1S/C19H22ClNO.C4H4O4/c1-21-12-10-16(11-13-21)22-14-15-6-2-3-7-17(15)18-8-4-5-9-19(18)20;5-3(6)1-2-4(7)8/h2-9,16H,10-14H2,1H3;1-2H,(H,5,6)(H,7,8). The third kappa shape index (κ3) is 7.99. The number of carboxylic acids is 2. The van der Waals surface area contributed by atoms with Crippen molar-refractivity contribution >= 4 is 23.5 Å². The summed E-state index contributed by atoms with van der Waals surface area (Å²) in [5.41, 5.74) is 3.45. The van der Waals surface area contributed by atoms with Gasteiger partial charge in [-0.15, -0.1) is 0 Å². The number of hydrogen-bond donors (Lipinski definition) is 2. The highest BCUT2D eigenvalue weighted by molar-refractivity contribution is 6.33. The molecule has 0 aromatic heterocycles. The molecule has 1 heterocycles. The number of nitrogens with zero attached hydrogens (tertiary/aromatic N) is 1. The number of benzene rings is 2. The first-order valence-corrected chi connectivity index (χ1v) is 10.0. The Bertz CT molecular complexity index is 859. The Morgan fingerprint density at radius 3 is 2.10 bits per heavy atom. The van der Waals surface area contributed by atoms with E-state index in [2.05, 4.69) is 42.3 Å². The highest BCUT2D eigenvalue weighted by Crippen LogP contribution is 2.31. The summed E-state index contributed by atoms with van der Waals surface area (Å²) in [4.78, 5) is 21.5. The Morgan fingerprint density at radius 1 is 1.00 bits per heavy atom. The third-order valence-electron chi connectivity index (χ3n) is 4.69. The first kappa shape index (κ1) is 23.6. The summed E-state index contributed by atoms with van der Waals surface area (Å²) in [6.07, 6.45) is 3.72. The topological polar surface area (TPSA) is 87.1 Å². The molecule has 0 unspecified atom stereocenters. The molecule has 6 nitrogen and oxygen atoms in total. The molecule has 2 aromatic rings. The number of carbonyl (C=O) groups is 2. The van der Waals surface area contributed by atoms with Crippen LogP contribution in [0.4, 0.5) is 0 Å². The molecule has 30 heavy (non-hydrogen) atoms. The molecule has 0 spiro atoms. The molecule has 0 amide bonds. The normalized spacial score (nSPS) is 14.9. The molecule has 1 saturated heterocycles. The molecule has 0 aliphatic carbocycles. The Hall–Kier alpha value is -2.67. The van der Waals surface area contributed by atoms with Crippen molar-refractivity contribution in [1.82, 2.24) is 4.90 Å². The minimum absolute atomic E-state index is 0.371. The van der Waals surface area contributed by atoms with Crippen LogP contribution in [0.15, 0.2) is 60.7 Å². The van der Waals surface area contributed by atoms with E-state index in [0.717, 1.165) is 36.5 Å². The highest BCUT2D eigenvalue weighted by Gasteiger charge is 2.17. The van der Waals surface area contributed by atoms with Gasteiger partial charge in [0.05, 0.1) is 12.7 Å². The molecule has 1 aliphatic rings. The number of piperidine rings is 1. The van der Waals surface area contributed by atoms with Crippen molar-refractivity contribution in [2.75, 3.05) is 20.1 Å². The fourth-order valence-corrected chi connectivity index (χ4v) is 3.33. The van der Waals surface area contributed by atoms with E-state index in [1.165, 1.54) is 11.1 Å². The summed E-state index contributed by atoms with van der Waals surface area (Å²) in [5, 5.41) is 16.4. The molecule has 2 N–H and O–H groups in total. The van der Waals surface area contributed by atoms with Gasteiger partial charge in [-0.2, -0.15) is 0 Å². The van der Waals surface area contributed by atoms with Crippen molar-refractivity contribution in [1.29, 1.82) is 0 Å². The maximum absolute atomic E-state index is 9.55.